The molecule has 14 heavy (non-hydrogen) atoms. The number of carbonyl (C=O) groups excluding carboxylic acids is 1. The normalized spacial score (nSPS) is 20.4. The summed E-state index contributed by atoms with van der Waals surface area (Å²) in [5.74, 6) is 0. The summed E-state index contributed by atoms with van der Waals surface area (Å²) < 4.78 is 4.40. The number of azo groups is 1. The molecule has 0 aromatic carbocycles. The number of nitrogens with zero attached hydrogens (tertiary/aromatic N) is 3. The number of fused-ring (bicyclic) bond motifs is 1. The lowest BCUT2D eigenvalue weighted by molar-refractivity contribution is 0.178. The average Bonchev–Trinajstić information content (AvgIpc) is 2.77. The number of hydrogen-bond acceptors (Lipinski definition) is 5. The number of carbonyl (C=O) groups is 1. The molecule has 0 saturated carbocycles. The van der Waals surface area contributed by atoms with Crippen molar-refractivity contribution in [3.8, 4) is 0 Å². The Labute approximate surface area is 80.1 Å². The lowest BCUT2D eigenvalue weighted by Gasteiger charge is -1.80. The van der Waals surface area contributed by atoms with Gasteiger partial charge in [0.05, 0.1) is 12.7 Å². The highest BCUT2D eigenvalue weighted by Gasteiger charge is 2.09. The Morgan fingerprint density at radius 2 is 2.36 bits per heavy atom. The van der Waals surface area contributed by atoms with E-state index in [2.05, 4.69) is 25.3 Å². The van der Waals surface area contributed by atoms with Crippen LogP contribution in [0.2, 0.25) is 0 Å². The Morgan fingerprint density at radius 1 is 1.43 bits per heavy atom. The van der Waals surface area contributed by atoms with Crippen LogP contribution in [-0.2, 0) is 4.74 Å². The smallest absolute Gasteiger partial charge is 0.407 e. The molecule has 0 spiro atoms. The van der Waals surface area contributed by atoms with E-state index >= 15 is 0 Å². The highest BCUT2D eigenvalue weighted by atomic mass is 16.6. The van der Waals surface area contributed by atoms with Crippen molar-refractivity contribution >= 4 is 12.3 Å². The van der Waals surface area contributed by atoms with Gasteiger partial charge in [0.25, 0.3) is 0 Å². The first kappa shape index (κ1) is 8.61. The SMILES string of the molecule is C1=NC2=CN=NC2=C1.O=C1NCCO1. The molecule has 6 heteroatoms. The van der Waals surface area contributed by atoms with Gasteiger partial charge in [0, 0.05) is 6.21 Å². The minimum atomic E-state index is -0.296. The van der Waals surface area contributed by atoms with Gasteiger partial charge in [0.2, 0.25) is 0 Å². The van der Waals surface area contributed by atoms with Crippen LogP contribution in [0.1, 0.15) is 0 Å². The summed E-state index contributed by atoms with van der Waals surface area (Å²) >= 11 is 0. The summed E-state index contributed by atoms with van der Waals surface area (Å²) in [7, 11) is 0. The molecule has 1 saturated heterocycles. The van der Waals surface area contributed by atoms with Crippen molar-refractivity contribution in [2.75, 3.05) is 13.2 Å². The standard InChI is InChI=1S/C5H3N3.C3H5NO2/c1-2-6-5-3-7-8-4(1)5;5-3-4-1-2-6-3/h1-3H;1-2H2,(H,4,5). The molecule has 3 rings (SSSR count). The molecule has 0 atom stereocenters. The van der Waals surface area contributed by atoms with Gasteiger partial charge in [-0.2, -0.15) is 5.11 Å². The zero-order valence-electron chi connectivity index (χ0n) is 7.30. The van der Waals surface area contributed by atoms with E-state index in [0.717, 1.165) is 11.4 Å². The molecule has 0 aromatic rings. The van der Waals surface area contributed by atoms with E-state index in [1.165, 1.54) is 0 Å². The van der Waals surface area contributed by atoms with E-state index in [1.54, 1.807) is 12.4 Å². The van der Waals surface area contributed by atoms with Crippen molar-refractivity contribution in [1.29, 1.82) is 0 Å². The molecular formula is C8H8N4O2. The Morgan fingerprint density at radius 3 is 2.93 bits per heavy atom. The summed E-state index contributed by atoms with van der Waals surface area (Å²) in [5.41, 5.74) is 1.76. The largest absolute Gasteiger partial charge is 0.448 e. The van der Waals surface area contributed by atoms with E-state index in [1.807, 2.05) is 6.08 Å². The van der Waals surface area contributed by atoms with Gasteiger partial charge in [-0.3, -0.25) is 4.99 Å². The molecule has 3 aliphatic heterocycles. The Hall–Kier alpha value is -1.98. The minimum absolute atomic E-state index is 0.296. The fraction of sp³-hybridized carbons (Fsp3) is 0.250. The van der Waals surface area contributed by atoms with E-state index in [9.17, 15) is 4.79 Å². The Balaban J connectivity index is 0.000000112. The zero-order valence-corrected chi connectivity index (χ0v) is 7.30. The second-order valence-electron chi connectivity index (χ2n) is 2.62. The van der Waals surface area contributed by atoms with Gasteiger partial charge in [0.15, 0.2) is 0 Å². The first-order valence-electron chi connectivity index (χ1n) is 4.12. The average molecular weight is 192 g/mol. The third-order valence-corrected chi connectivity index (χ3v) is 1.66. The van der Waals surface area contributed by atoms with E-state index in [4.69, 9.17) is 0 Å². The zero-order chi connectivity index (χ0) is 9.80. The lowest BCUT2D eigenvalue weighted by atomic mass is 10.4. The van der Waals surface area contributed by atoms with E-state index in [-0.39, 0.29) is 6.09 Å². The quantitative estimate of drug-likeness (QED) is 0.621. The second kappa shape index (κ2) is 3.82. The van der Waals surface area contributed by atoms with Crippen LogP contribution in [0.5, 0.6) is 0 Å². The molecule has 0 unspecified atom stereocenters. The van der Waals surface area contributed by atoms with Gasteiger partial charge in [-0.15, -0.1) is 5.11 Å². The van der Waals surface area contributed by atoms with Crippen molar-refractivity contribution in [2.24, 2.45) is 15.2 Å². The summed E-state index contributed by atoms with van der Waals surface area (Å²) in [6.07, 6.45) is 4.91. The topological polar surface area (TPSA) is 75.4 Å². The number of alkyl carbamates (subject to hydrolysis) is 1. The summed E-state index contributed by atoms with van der Waals surface area (Å²) in [5, 5.41) is 9.87. The first-order chi connectivity index (χ1) is 6.86. The minimum Gasteiger partial charge on any atom is -0.448 e. The summed E-state index contributed by atoms with van der Waals surface area (Å²) in [4.78, 5) is 13.9. The molecule has 1 N–H and O–H groups in total. The number of amides is 1. The van der Waals surface area contributed by atoms with Crippen molar-refractivity contribution in [1.82, 2.24) is 5.32 Å². The number of allylic oxidation sites excluding steroid dienone is 1. The molecule has 72 valence electrons. The molecular weight excluding hydrogens is 184 g/mol. The first-order valence-corrected chi connectivity index (χ1v) is 4.12. The monoisotopic (exact) mass is 192 g/mol. The fourth-order valence-electron chi connectivity index (χ4n) is 1.02. The van der Waals surface area contributed by atoms with Gasteiger partial charge in [-0.25, -0.2) is 4.79 Å². The van der Waals surface area contributed by atoms with Crippen molar-refractivity contribution < 1.29 is 9.53 Å². The number of cyclic esters (lactones) is 1. The molecule has 1 fully saturated rings. The number of rotatable bonds is 0. The maximum atomic E-state index is 9.91. The molecule has 0 bridgehead atoms. The lowest BCUT2D eigenvalue weighted by Crippen LogP contribution is -2.11. The molecule has 6 nitrogen and oxygen atoms in total. The van der Waals surface area contributed by atoms with Gasteiger partial charge < -0.3 is 10.1 Å². The predicted octanol–water partition coefficient (Wildman–Crippen LogP) is 0.988. The van der Waals surface area contributed by atoms with Gasteiger partial charge >= 0.3 is 6.09 Å². The van der Waals surface area contributed by atoms with E-state index in [0.29, 0.717) is 13.2 Å². The molecule has 0 aliphatic carbocycles. The summed E-state index contributed by atoms with van der Waals surface area (Å²) in [6.45, 7) is 1.19. The van der Waals surface area contributed by atoms with Crippen LogP contribution in [0.4, 0.5) is 4.79 Å². The maximum Gasteiger partial charge on any atom is 0.407 e. The van der Waals surface area contributed by atoms with Gasteiger partial charge in [-0.1, -0.05) is 0 Å². The Bertz CT molecular complexity index is 334. The maximum absolute atomic E-state index is 9.91. The number of ether oxygens (including phenoxy) is 1. The molecule has 3 aliphatic rings. The van der Waals surface area contributed by atoms with Crippen molar-refractivity contribution in [2.45, 2.75) is 0 Å². The highest BCUT2D eigenvalue weighted by molar-refractivity contribution is 5.79. The van der Waals surface area contributed by atoms with Crippen LogP contribution in [0.25, 0.3) is 0 Å². The van der Waals surface area contributed by atoms with Gasteiger partial charge in [0.1, 0.15) is 18.0 Å². The van der Waals surface area contributed by atoms with Gasteiger partial charge in [-0.05, 0) is 6.08 Å². The fourth-order valence-corrected chi connectivity index (χ4v) is 1.02. The molecule has 0 radical (unpaired) electrons. The molecule has 0 aromatic heterocycles. The predicted molar refractivity (Wildman–Crippen MR) is 48.9 cm³/mol. The van der Waals surface area contributed by atoms with E-state index < -0.39 is 0 Å². The van der Waals surface area contributed by atoms with Crippen molar-refractivity contribution in [3.05, 3.63) is 23.7 Å². The van der Waals surface area contributed by atoms with Crippen LogP contribution in [0.15, 0.2) is 38.9 Å². The third-order valence-electron chi connectivity index (χ3n) is 1.66. The van der Waals surface area contributed by atoms with Crippen LogP contribution in [-0.4, -0.2) is 25.5 Å². The van der Waals surface area contributed by atoms with Crippen LogP contribution < -0.4 is 5.32 Å². The van der Waals surface area contributed by atoms with Crippen molar-refractivity contribution in [3.63, 3.8) is 0 Å². The highest BCUT2D eigenvalue weighted by Crippen LogP contribution is 2.22. The van der Waals surface area contributed by atoms with Crippen LogP contribution in [0.3, 0.4) is 0 Å². The molecule has 1 amide bonds. The number of nitrogens with one attached hydrogen (secondary N) is 1. The summed E-state index contributed by atoms with van der Waals surface area (Å²) in [6, 6.07) is 0. The number of hydrogen-bond donors (Lipinski definition) is 1. The van der Waals surface area contributed by atoms with Crippen LogP contribution in [0, 0.1) is 0 Å². The number of aliphatic imine (C=N–C) groups is 1. The second-order valence-corrected chi connectivity index (χ2v) is 2.62. The molecule has 3 heterocycles. The third kappa shape index (κ3) is 1.85. The Kier molecular flexibility index (Phi) is 2.35. The van der Waals surface area contributed by atoms with Crippen LogP contribution >= 0.6 is 0 Å².